The molecule has 0 saturated carbocycles. The normalized spacial score (nSPS) is 39.4. The number of esters is 1. The number of unbranched alkanes of at least 4 members (excludes halogenated alkanes) is 2. The molecule has 5 rings (SSSR count). The van der Waals surface area contributed by atoms with Gasteiger partial charge < -0.3 is 74.0 Å². The second-order valence-corrected chi connectivity index (χ2v) is 13.1. The summed E-state index contributed by atoms with van der Waals surface area (Å²) >= 11 is 0. The predicted octanol–water partition coefficient (Wildman–Crippen LogP) is -3.48. The Morgan fingerprint density at radius 3 is 2.02 bits per heavy atom. The number of aliphatic hydroxyl groups excluding tert-OH is 8. The molecule has 0 bridgehead atoms. The van der Waals surface area contributed by atoms with Crippen LogP contribution >= 0.6 is 0 Å². The van der Waals surface area contributed by atoms with Crippen molar-refractivity contribution >= 4 is 17.8 Å². The molecule has 3 fully saturated rings. The lowest BCUT2D eigenvalue weighted by Crippen LogP contribution is -2.66. The van der Waals surface area contributed by atoms with Gasteiger partial charge in [0.25, 0.3) is 11.8 Å². The number of rotatable bonds is 14. The van der Waals surface area contributed by atoms with Crippen molar-refractivity contribution in [1.29, 1.82) is 0 Å². The molecule has 15 atom stereocenters. The highest BCUT2D eigenvalue weighted by atomic mass is 16.7. The SMILES string of the molecule is COC(=O)CCCCCO[C@@H]1O[C@H](CO[C@@H]2O[C@H](CO)[C@H](O)[C@H](O[C@@H]3O[C@@H](C)[C@@H](O)[C@@H](O)[C@@H]3O)[C@H]2O)[C@@H](O)[C@H](O)[C@H]1N1C(=O)c2ccccc2C1=O. The molecule has 0 aromatic heterocycles. The first-order valence-electron chi connectivity index (χ1n) is 17.1. The number of aliphatic hydroxyl groups is 8. The molecule has 19 nitrogen and oxygen atoms in total. The number of carbonyl (C=O) groups is 3. The van der Waals surface area contributed by atoms with E-state index < -0.39 is 117 Å². The summed E-state index contributed by atoms with van der Waals surface area (Å²) in [6.45, 7) is 0.0126. The molecule has 2 amide bonds. The Morgan fingerprint density at radius 1 is 0.731 bits per heavy atom. The maximum Gasteiger partial charge on any atom is 0.305 e. The van der Waals surface area contributed by atoms with Gasteiger partial charge in [0.1, 0.15) is 67.1 Å². The van der Waals surface area contributed by atoms with Crippen LogP contribution in [0.5, 0.6) is 0 Å². The third kappa shape index (κ3) is 8.32. The molecule has 0 aliphatic carbocycles. The van der Waals surface area contributed by atoms with Crippen LogP contribution in [0.4, 0.5) is 0 Å². The van der Waals surface area contributed by atoms with E-state index in [0.717, 1.165) is 4.90 Å². The van der Waals surface area contributed by atoms with E-state index in [9.17, 15) is 55.2 Å². The summed E-state index contributed by atoms with van der Waals surface area (Å²) in [5, 5.41) is 85.0. The summed E-state index contributed by atoms with van der Waals surface area (Å²) in [7, 11) is 1.28. The maximum absolute atomic E-state index is 13.4. The van der Waals surface area contributed by atoms with Crippen molar-refractivity contribution in [2.24, 2.45) is 0 Å². The monoisotopic (exact) mass is 745 g/mol. The van der Waals surface area contributed by atoms with E-state index in [-0.39, 0.29) is 30.1 Å². The van der Waals surface area contributed by atoms with Crippen LogP contribution in [0.3, 0.4) is 0 Å². The molecule has 1 aromatic carbocycles. The van der Waals surface area contributed by atoms with Gasteiger partial charge in [0.2, 0.25) is 0 Å². The summed E-state index contributed by atoms with van der Waals surface area (Å²) < 4.78 is 38.9. The molecular weight excluding hydrogens is 698 g/mol. The van der Waals surface area contributed by atoms with Crippen LogP contribution in [0.15, 0.2) is 24.3 Å². The molecule has 3 saturated heterocycles. The number of hydrogen-bond acceptors (Lipinski definition) is 18. The second-order valence-electron chi connectivity index (χ2n) is 13.1. The highest BCUT2D eigenvalue weighted by molar-refractivity contribution is 6.21. The standard InChI is InChI=1S/C33H47NO18/c1-14-21(37)25(41)26(42)33(49-14)52-28-23(39)17(12-35)50-32(27(28)43)48-13-18-22(38)24(40)20(31(51-18)47-11-7-3-4-10-19(36)46-2)34-29(44)15-8-5-6-9-16(15)30(34)45/h5-6,8-9,14,17-18,20-28,31-33,35,37-43H,3-4,7,10-13H2,1-2H3/t14-,17+,18+,20+,21+,22+,23-,24+,25+,26-,27+,28-,31+,32+,33-/m0/s1. The first-order chi connectivity index (χ1) is 24.8. The van der Waals surface area contributed by atoms with E-state index in [1.54, 1.807) is 12.1 Å². The van der Waals surface area contributed by atoms with Gasteiger partial charge >= 0.3 is 5.97 Å². The van der Waals surface area contributed by atoms with Gasteiger partial charge in [-0.05, 0) is 31.9 Å². The smallest absolute Gasteiger partial charge is 0.305 e. The van der Waals surface area contributed by atoms with E-state index >= 15 is 0 Å². The van der Waals surface area contributed by atoms with Crippen LogP contribution in [-0.2, 0) is 38.0 Å². The number of fused-ring (bicyclic) bond motifs is 1. The average Bonchev–Trinajstić information content (AvgIpc) is 3.39. The zero-order valence-corrected chi connectivity index (χ0v) is 28.5. The Morgan fingerprint density at radius 2 is 1.38 bits per heavy atom. The second kappa shape index (κ2) is 17.6. The van der Waals surface area contributed by atoms with Crippen molar-refractivity contribution in [2.45, 2.75) is 125 Å². The largest absolute Gasteiger partial charge is 0.469 e. The van der Waals surface area contributed by atoms with Gasteiger partial charge in [0.05, 0.1) is 37.6 Å². The van der Waals surface area contributed by atoms with Gasteiger partial charge in [-0.3, -0.25) is 19.3 Å². The van der Waals surface area contributed by atoms with E-state index in [0.29, 0.717) is 19.3 Å². The summed E-state index contributed by atoms with van der Waals surface area (Å²) in [5.74, 6) is -1.84. The first kappa shape index (κ1) is 40.5. The topological polar surface area (TPSA) is 281 Å². The van der Waals surface area contributed by atoms with Crippen LogP contribution < -0.4 is 0 Å². The maximum atomic E-state index is 13.4. The highest BCUT2D eigenvalue weighted by Crippen LogP contribution is 2.34. The van der Waals surface area contributed by atoms with Crippen molar-refractivity contribution in [2.75, 3.05) is 26.9 Å². The van der Waals surface area contributed by atoms with Crippen LogP contribution in [0.25, 0.3) is 0 Å². The van der Waals surface area contributed by atoms with Gasteiger partial charge in [0, 0.05) is 13.0 Å². The molecule has 52 heavy (non-hydrogen) atoms. The number of methoxy groups -OCH3 is 1. The molecule has 0 radical (unpaired) electrons. The van der Waals surface area contributed by atoms with E-state index in [4.69, 9.17) is 28.4 Å². The van der Waals surface area contributed by atoms with Crippen LogP contribution in [0, 0.1) is 0 Å². The molecule has 8 N–H and O–H groups in total. The Hall–Kier alpha value is -2.73. The van der Waals surface area contributed by atoms with Gasteiger partial charge in [-0.2, -0.15) is 0 Å². The molecule has 4 aliphatic heterocycles. The number of carbonyl (C=O) groups excluding carboxylic acids is 3. The van der Waals surface area contributed by atoms with Gasteiger partial charge in [-0.1, -0.05) is 18.6 Å². The number of benzene rings is 1. The fourth-order valence-electron chi connectivity index (χ4n) is 6.62. The molecule has 4 heterocycles. The fraction of sp³-hybridized carbons (Fsp3) is 0.727. The number of hydrogen-bond donors (Lipinski definition) is 8. The number of imide groups is 1. The zero-order chi connectivity index (χ0) is 37.9. The van der Waals surface area contributed by atoms with Gasteiger partial charge in [0.15, 0.2) is 18.9 Å². The molecule has 0 unspecified atom stereocenters. The summed E-state index contributed by atoms with van der Waals surface area (Å²) in [4.78, 5) is 39.0. The lowest BCUT2D eigenvalue weighted by Gasteiger charge is -2.47. The minimum Gasteiger partial charge on any atom is -0.469 e. The van der Waals surface area contributed by atoms with E-state index in [1.807, 2.05) is 0 Å². The van der Waals surface area contributed by atoms with Crippen molar-refractivity contribution in [3.05, 3.63) is 35.4 Å². The van der Waals surface area contributed by atoms with E-state index in [2.05, 4.69) is 4.74 Å². The van der Waals surface area contributed by atoms with Crippen LogP contribution in [0.1, 0.15) is 53.3 Å². The van der Waals surface area contributed by atoms with Crippen molar-refractivity contribution in [3.63, 3.8) is 0 Å². The number of nitrogens with zero attached hydrogens (tertiary/aromatic N) is 1. The van der Waals surface area contributed by atoms with E-state index in [1.165, 1.54) is 26.2 Å². The van der Waals surface area contributed by atoms with Crippen molar-refractivity contribution < 1.29 is 88.4 Å². The first-order valence-corrected chi connectivity index (χ1v) is 17.1. The van der Waals surface area contributed by atoms with Gasteiger partial charge in [-0.25, -0.2) is 0 Å². The lowest BCUT2D eigenvalue weighted by molar-refractivity contribution is -0.362. The molecular formula is C33H47NO18. The number of amides is 2. The van der Waals surface area contributed by atoms with Crippen LogP contribution in [-0.4, -0.2) is 183 Å². The Balaban J connectivity index is 1.28. The number of ether oxygens (including phenoxy) is 7. The Kier molecular flexibility index (Phi) is 13.7. The highest BCUT2D eigenvalue weighted by Gasteiger charge is 2.55. The lowest BCUT2D eigenvalue weighted by atomic mass is 9.95. The Bertz CT molecular complexity index is 1350. The average molecular weight is 746 g/mol. The Labute approximate surface area is 298 Å². The van der Waals surface area contributed by atoms with Crippen LogP contribution in [0.2, 0.25) is 0 Å². The molecule has 292 valence electrons. The molecule has 1 aromatic rings. The molecule has 0 spiro atoms. The molecule has 19 heteroatoms. The predicted molar refractivity (Wildman–Crippen MR) is 169 cm³/mol. The fourth-order valence-corrected chi connectivity index (χ4v) is 6.62. The van der Waals surface area contributed by atoms with Gasteiger partial charge in [-0.15, -0.1) is 0 Å². The molecule has 4 aliphatic rings. The van der Waals surface area contributed by atoms with Crippen molar-refractivity contribution in [1.82, 2.24) is 4.90 Å². The third-order valence-corrected chi connectivity index (χ3v) is 9.67. The summed E-state index contributed by atoms with van der Waals surface area (Å²) in [5.41, 5.74) is 0.182. The minimum atomic E-state index is -1.83. The quantitative estimate of drug-likeness (QED) is 0.0521. The minimum absolute atomic E-state index is 0.000863. The van der Waals surface area contributed by atoms with Crippen molar-refractivity contribution in [3.8, 4) is 0 Å². The summed E-state index contributed by atoms with van der Waals surface area (Å²) in [6, 6.07) is 4.54. The third-order valence-electron chi connectivity index (χ3n) is 9.67. The summed E-state index contributed by atoms with van der Waals surface area (Å²) in [6.07, 6.45) is -20.7. The zero-order valence-electron chi connectivity index (χ0n) is 28.5.